The Morgan fingerprint density at radius 1 is 1.50 bits per heavy atom. The van der Waals surface area contributed by atoms with E-state index in [0.29, 0.717) is 6.54 Å². The highest BCUT2D eigenvalue weighted by Crippen LogP contribution is 2.33. The van der Waals surface area contributed by atoms with Gasteiger partial charge in [-0.2, -0.15) is 0 Å². The molecule has 0 radical (unpaired) electrons. The standard InChI is InChI=1S/C13H17ClN2O2/c1-15(2)8-10-9-16(13(17)7-14)11-5-3-4-6-12(11)18-10/h3-6,10H,7-9H2,1-2H3. The normalized spacial score (nSPS) is 18.4. The number of hydrogen-bond acceptors (Lipinski definition) is 3. The molecular formula is C13H17ClN2O2. The Balaban J connectivity index is 2.26. The number of benzene rings is 1. The number of rotatable bonds is 3. The number of para-hydroxylation sites is 2. The molecule has 0 saturated heterocycles. The molecule has 1 amide bonds. The molecule has 1 aromatic carbocycles. The zero-order chi connectivity index (χ0) is 13.1. The first-order valence-electron chi connectivity index (χ1n) is 5.88. The molecule has 98 valence electrons. The maximum absolute atomic E-state index is 11.9. The van der Waals surface area contributed by atoms with E-state index in [0.717, 1.165) is 18.0 Å². The van der Waals surface area contributed by atoms with Gasteiger partial charge in [0.25, 0.3) is 0 Å². The lowest BCUT2D eigenvalue weighted by Gasteiger charge is -2.35. The van der Waals surface area contributed by atoms with Crippen molar-refractivity contribution in [2.24, 2.45) is 0 Å². The quantitative estimate of drug-likeness (QED) is 0.781. The van der Waals surface area contributed by atoms with Gasteiger partial charge >= 0.3 is 0 Å². The summed E-state index contributed by atoms with van der Waals surface area (Å²) in [5.41, 5.74) is 0.804. The van der Waals surface area contributed by atoms with Gasteiger partial charge in [-0.3, -0.25) is 4.79 Å². The fourth-order valence-corrected chi connectivity index (χ4v) is 2.25. The van der Waals surface area contributed by atoms with Crippen molar-refractivity contribution in [1.29, 1.82) is 0 Å². The van der Waals surface area contributed by atoms with Crippen molar-refractivity contribution in [3.8, 4) is 5.75 Å². The Morgan fingerprint density at radius 2 is 2.22 bits per heavy atom. The average molecular weight is 269 g/mol. The largest absolute Gasteiger partial charge is 0.485 e. The predicted octanol–water partition coefficient (Wildman–Crippen LogP) is 1.58. The van der Waals surface area contributed by atoms with Gasteiger partial charge in [0.05, 0.1) is 12.2 Å². The van der Waals surface area contributed by atoms with Crippen LogP contribution in [0.1, 0.15) is 0 Å². The van der Waals surface area contributed by atoms with Crippen molar-refractivity contribution in [1.82, 2.24) is 4.90 Å². The van der Waals surface area contributed by atoms with Crippen LogP contribution in [0.2, 0.25) is 0 Å². The lowest BCUT2D eigenvalue weighted by atomic mass is 10.2. The maximum Gasteiger partial charge on any atom is 0.242 e. The highest BCUT2D eigenvalue weighted by Gasteiger charge is 2.29. The molecular weight excluding hydrogens is 252 g/mol. The summed E-state index contributed by atoms with van der Waals surface area (Å²) in [7, 11) is 3.97. The van der Waals surface area contributed by atoms with Crippen LogP contribution >= 0.6 is 11.6 Å². The van der Waals surface area contributed by atoms with Gasteiger partial charge < -0.3 is 14.5 Å². The molecule has 0 aromatic heterocycles. The summed E-state index contributed by atoms with van der Waals surface area (Å²) in [5.74, 6) is 0.647. The van der Waals surface area contributed by atoms with Gasteiger partial charge in [-0.15, -0.1) is 11.6 Å². The number of nitrogens with zero attached hydrogens (tertiary/aromatic N) is 2. The van der Waals surface area contributed by atoms with Gasteiger partial charge in [0.1, 0.15) is 17.7 Å². The van der Waals surface area contributed by atoms with Gasteiger partial charge in [0.15, 0.2) is 0 Å². The Labute approximate surface area is 112 Å². The highest BCUT2D eigenvalue weighted by atomic mass is 35.5. The minimum atomic E-state index is -0.0869. The number of carbonyl (C=O) groups excluding carboxylic acids is 1. The lowest BCUT2D eigenvalue weighted by molar-refractivity contribution is -0.116. The first-order chi connectivity index (χ1) is 8.61. The minimum absolute atomic E-state index is 0.0109. The molecule has 0 spiro atoms. The third-order valence-electron chi connectivity index (χ3n) is 2.82. The molecule has 1 atom stereocenters. The van der Waals surface area contributed by atoms with E-state index in [1.807, 2.05) is 43.3 Å². The second-order valence-corrected chi connectivity index (χ2v) is 4.88. The number of likely N-dealkylation sites (N-methyl/N-ethyl adjacent to an activating group) is 1. The van der Waals surface area contributed by atoms with Crippen LogP contribution in [0.3, 0.4) is 0 Å². The highest BCUT2D eigenvalue weighted by molar-refractivity contribution is 6.29. The zero-order valence-electron chi connectivity index (χ0n) is 10.6. The summed E-state index contributed by atoms with van der Waals surface area (Å²) >= 11 is 5.66. The Hall–Kier alpha value is -1.26. The summed E-state index contributed by atoms with van der Waals surface area (Å²) in [4.78, 5) is 15.6. The molecule has 0 fully saturated rings. The third kappa shape index (κ3) is 2.76. The van der Waals surface area contributed by atoms with Crippen LogP contribution in [-0.4, -0.2) is 50.0 Å². The second-order valence-electron chi connectivity index (χ2n) is 4.61. The van der Waals surface area contributed by atoms with E-state index in [2.05, 4.69) is 0 Å². The van der Waals surface area contributed by atoms with Crippen molar-refractivity contribution in [3.63, 3.8) is 0 Å². The number of fused-ring (bicyclic) bond motifs is 1. The molecule has 5 heteroatoms. The van der Waals surface area contributed by atoms with Gasteiger partial charge in [0.2, 0.25) is 5.91 Å². The van der Waals surface area contributed by atoms with Crippen LogP contribution in [0.5, 0.6) is 5.75 Å². The Kier molecular flexibility index (Phi) is 4.09. The minimum Gasteiger partial charge on any atom is -0.485 e. The van der Waals surface area contributed by atoms with Crippen molar-refractivity contribution in [2.45, 2.75) is 6.10 Å². The topological polar surface area (TPSA) is 32.8 Å². The van der Waals surface area contributed by atoms with Crippen LogP contribution in [0.15, 0.2) is 24.3 Å². The number of amides is 1. The SMILES string of the molecule is CN(C)CC1CN(C(=O)CCl)c2ccccc2O1. The fraction of sp³-hybridized carbons (Fsp3) is 0.462. The number of halogens is 1. The monoisotopic (exact) mass is 268 g/mol. The van der Waals surface area contributed by atoms with E-state index in [4.69, 9.17) is 16.3 Å². The first-order valence-corrected chi connectivity index (χ1v) is 6.42. The van der Waals surface area contributed by atoms with Crippen LogP contribution in [-0.2, 0) is 4.79 Å². The molecule has 1 heterocycles. The first kappa shape index (κ1) is 13.2. The summed E-state index contributed by atoms with van der Waals surface area (Å²) in [6.07, 6.45) is -0.0259. The van der Waals surface area contributed by atoms with E-state index in [1.54, 1.807) is 4.90 Å². The summed E-state index contributed by atoms with van der Waals surface area (Å²) in [5, 5.41) is 0. The zero-order valence-corrected chi connectivity index (χ0v) is 11.4. The van der Waals surface area contributed by atoms with E-state index in [-0.39, 0.29) is 17.9 Å². The van der Waals surface area contributed by atoms with Crippen molar-refractivity contribution in [2.75, 3.05) is 38.0 Å². The second kappa shape index (κ2) is 5.59. The van der Waals surface area contributed by atoms with Crippen molar-refractivity contribution >= 4 is 23.2 Å². The number of alkyl halides is 1. The van der Waals surface area contributed by atoms with Gasteiger partial charge in [-0.1, -0.05) is 12.1 Å². The van der Waals surface area contributed by atoms with Crippen LogP contribution in [0.25, 0.3) is 0 Å². The summed E-state index contributed by atoms with van der Waals surface area (Å²) in [6, 6.07) is 7.56. The van der Waals surface area contributed by atoms with Crippen molar-refractivity contribution < 1.29 is 9.53 Å². The molecule has 0 N–H and O–H groups in total. The van der Waals surface area contributed by atoms with Crippen LogP contribution in [0, 0.1) is 0 Å². The summed E-state index contributed by atoms with van der Waals surface area (Å²) in [6.45, 7) is 1.31. The number of hydrogen-bond donors (Lipinski definition) is 0. The van der Waals surface area contributed by atoms with E-state index in [9.17, 15) is 4.79 Å². The summed E-state index contributed by atoms with van der Waals surface area (Å²) < 4.78 is 5.89. The smallest absolute Gasteiger partial charge is 0.242 e. The Bertz CT molecular complexity index is 437. The maximum atomic E-state index is 11.9. The molecule has 0 saturated carbocycles. The van der Waals surface area contributed by atoms with E-state index in [1.165, 1.54) is 0 Å². The average Bonchev–Trinajstić information content (AvgIpc) is 2.36. The molecule has 1 aliphatic rings. The van der Waals surface area contributed by atoms with Crippen molar-refractivity contribution in [3.05, 3.63) is 24.3 Å². The molecule has 2 rings (SSSR count). The molecule has 1 aromatic rings. The van der Waals surface area contributed by atoms with Crippen LogP contribution in [0.4, 0.5) is 5.69 Å². The molecule has 4 nitrogen and oxygen atoms in total. The van der Waals surface area contributed by atoms with E-state index >= 15 is 0 Å². The number of carbonyl (C=O) groups is 1. The third-order valence-corrected chi connectivity index (χ3v) is 3.05. The number of anilines is 1. The molecule has 0 bridgehead atoms. The predicted molar refractivity (Wildman–Crippen MR) is 72.5 cm³/mol. The van der Waals surface area contributed by atoms with Gasteiger partial charge in [0, 0.05) is 6.54 Å². The lowest BCUT2D eigenvalue weighted by Crippen LogP contribution is -2.47. The van der Waals surface area contributed by atoms with Gasteiger partial charge in [-0.25, -0.2) is 0 Å². The molecule has 1 aliphatic heterocycles. The molecule has 0 aliphatic carbocycles. The number of ether oxygens (including phenoxy) is 1. The van der Waals surface area contributed by atoms with E-state index < -0.39 is 0 Å². The van der Waals surface area contributed by atoms with Gasteiger partial charge in [-0.05, 0) is 26.2 Å². The molecule has 18 heavy (non-hydrogen) atoms. The van der Waals surface area contributed by atoms with Crippen LogP contribution < -0.4 is 9.64 Å². The Morgan fingerprint density at radius 3 is 2.89 bits per heavy atom. The molecule has 1 unspecified atom stereocenters. The fourth-order valence-electron chi connectivity index (χ4n) is 2.11.